The van der Waals surface area contributed by atoms with Crippen LogP contribution in [0, 0.1) is 5.41 Å². The Balaban J connectivity index is 1.88. The third-order valence-electron chi connectivity index (χ3n) is 5.95. The second kappa shape index (κ2) is 6.65. The van der Waals surface area contributed by atoms with Crippen LogP contribution in [0.15, 0.2) is 52.1 Å². The molecule has 6 heteroatoms. The zero-order valence-corrected chi connectivity index (χ0v) is 18.6. The topological polar surface area (TPSA) is 59.3 Å². The van der Waals surface area contributed by atoms with Crippen LogP contribution in [0.5, 0.6) is 0 Å². The lowest BCUT2D eigenvalue weighted by atomic mass is 9.78. The number of pyridine rings is 1. The number of carboxylic acid groups (broad SMARTS) is 1. The van der Waals surface area contributed by atoms with Gasteiger partial charge in [-0.15, -0.1) is 22.7 Å². The molecule has 0 aliphatic carbocycles. The van der Waals surface area contributed by atoms with Gasteiger partial charge in [-0.2, -0.15) is 0 Å². The molecule has 1 aromatic carbocycles. The van der Waals surface area contributed by atoms with Crippen molar-refractivity contribution in [2.45, 2.75) is 33.2 Å². The van der Waals surface area contributed by atoms with Gasteiger partial charge >= 0.3 is 5.97 Å². The molecule has 1 N–H and O–H groups in total. The molecule has 152 valence electrons. The van der Waals surface area contributed by atoms with Crippen LogP contribution in [0.4, 0.5) is 0 Å². The number of benzene rings is 1. The van der Waals surface area contributed by atoms with E-state index < -0.39 is 11.4 Å². The molecule has 0 amide bonds. The Kier molecular flexibility index (Phi) is 4.27. The molecule has 0 saturated carbocycles. The number of fused-ring (bicyclic) bond motifs is 5. The second-order valence-electron chi connectivity index (χ2n) is 8.83. The Morgan fingerprint density at radius 1 is 1.13 bits per heavy atom. The maximum atomic E-state index is 12.6. The number of thiophene rings is 2. The van der Waals surface area contributed by atoms with Crippen LogP contribution in [0.25, 0.3) is 31.8 Å². The van der Waals surface area contributed by atoms with E-state index in [0.29, 0.717) is 0 Å². The van der Waals surface area contributed by atoms with E-state index in [9.17, 15) is 14.7 Å². The molecular weight excluding hydrogens is 414 g/mol. The minimum Gasteiger partial charge on any atom is -0.477 e. The highest BCUT2D eigenvalue weighted by Gasteiger charge is 2.35. The molecule has 0 radical (unpaired) electrons. The SMILES string of the molecule is CC(C)(C)[C@@H]1Cc2c(cc(-c3cccs3)c3ccsc23)-c2cc(=O)c(C(=O)O)cn21. The summed E-state index contributed by atoms with van der Waals surface area (Å²) in [5.74, 6) is -1.18. The standard InChI is InChI=1S/C24H21NO3S2/c1-24(2,3)21-10-16-14(18-11-19(26)17(23(27)28)12-25(18)21)9-15(20-5-4-7-29-20)13-6-8-30-22(13)16/h4-9,11-12,21H,10H2,1-3H3,(H,27,28)/t21-/m0/s1. The van der Waals surface area contributed by atoms with Gasteiger partial charge in [0.05, 0.1) is 5.69 Å². The summed E-state index contributed by atoms with van der Waals surface area (Å²) in [6, 6.07) is 10.1. The number of aromatic carboxylic acids is 1. The van der Waals surface area contributed by atoms with E-state index in [4.69, 9.17) is 0 Å². The minimum atomic E-state index is -1.18. The maximum Gasteiger partial charge on any atom is 0.341 e. The Hall–Kier alpha value is -2.70. The van der Waals surface area contributed by atoms with Gasteiger partial charge in [-0.1, -0.05) is 26.8 Å². The number of carboxylic acids is 1. The maximum absolute atomic E-state index is 12.6. The largest absolute Gasteiger partial charge is 0.477 e. The average Bonchev–Trinajstić information content (AvgIpc) is 3.37. The fraction of sp³-hybridized carbons (Fsp3) is 0.250. The van der Waals surface area contributed by atoms with Gasteiger partial charge in [-0.05, 0) is 46.4 Å². The smallest absolute Gasteiger partial charge is 0.341 e. The molecule has 30 heavy (non-hydrogen) atoms. The van der Waals surface area contributed by atoms with E-state index in [0.717, 1.165) is 23.2 Å². The summed E-state index contributed by atoms with van der Waals surface area (Å²) < 4.78 is 3.27. The number of hydrogen-bond donors (Lipinski definition) is 1. The van der Waals surface area contributed by atoms with Crippen LogP contribution in [-0.4, -0.2) is 15.6 Å². The number of hydrogen-bond acceptors (Lipinski definition) is 4. The highest BCUT2D eigenvalue weighted by molar-refractivity contribution is 7.17. The van der Waals surface area contributed by atoms with E-state index >= 15 is 0 Å². The van der Waals surface area contributed by atoms with E-state index in [1.807, 2.05) is 10.6 Å². The molecule has 1 atom stereocenters. The fourth-order valence-corrected chi connectivity index (χ4v) is 6.19. The summed E-state index contributed by atoms with van der Waals surface area (Å²) >= 11 is 3.44. The van der Waals surface area contributed by atoms with Crippen LogP contribution < -0.4 is 5.43 Å². The summed E-state index contributed by atoms with van der Waals surface area (Å²) in [4.78, 5) is 25.5. The molecular formula is C24H21NO3S2. The summed E-state index contributed by atoms with van der Waals surface area (Å²) in [7, 11) is 0. The lowest BCUT2D eigenvalue weighted by molar-refractivity contribution is 0.0693. The van der Waals surface area contributed by atoms with Crippen molar-refractivity contribution in [1.29, 1.82) is 0 Å². The summed E-state index contributed by atoms with van der Waals surface area (Å²) in [6.07, 6.45) is 2.35. The first-order chi connectivity index (χ1) is 14.3. The van der Waals surface area contributed by atoms with Crippen molar-refractivity contribution in [1.82, 2.24) is 4.57 Å². The first kappa shape index (κ1) is 19.3. The molecule has 0 spiro atoms. The van der Waals surface area contributed by atoms with Crippen LogP contribution >= 0.6 is 22.7 Å². The molecule has 0 unspecified atom stereocenters. The lowest BCUT2D eigenvalue weighted by Gasteiger charge is -2.39. The Morgan fingerprint density at radius 2 is 1.93 bits per heavy atom. The van der Waals surface area contributed by atoms with Gasteiger partial charge < -0.3 is 9.67 Å². The predicted molar refractivity (Wildman–Crippen MR) is 124 cm³/mol. The molecule has 3 aromatic heterocycles. The second-order valence-corrected chi connectivity index (χ2v) is 10.7. The van der Waals surface area contributed by atoms with Crippen molar-refractivity contribution < 1.29 is 9.90 Å². The Labute approximate surface area is 182 Å². The van der Waals surface area contributed by atoms with Crippen molar-refractivity contribution in [2.24, 2.45) is 5.41 Å². The van der Waals surface area contributed by atoms with E-state index in [-0.39, 0.29) is 17.0 Å². The van der Waals surface area contributed by atoms with Gasteiger partial charge in [-0.25, -0.2) is 4.79 Å². The van der Waals surface area contributed by atoms with Crippen molar-refractivity contribution in [3.8, 4) is 21.7 Å². The van der Waals surface area contributed by atoms with Crippen molar-refractivity contribution >= 4 is 38.7 Å². The van der Waals surface area contributed by atoms with Gasteiger partial charge in [0.1, 0.15) is 5.56 Å². The summed E-state index contributed by atoms with van der Waals surface area (Å²) in [6.45, 7) is 6.49. The van der Waals surface area contributed by atoms with E-state index in [1.165, 1.54) is 26.6 Å². The lowest BCUT2D eigenvalue weighted by Crippen LogP contribution is -2.32. The first-order valence-electron chi connectivity index (χ1n) is 9.82. The first-order valence-corrected chi connectivity index (χ1v) is 11.6. The number of aromatic nitrogens is 1. The molecule has 1 aliphatic rings. The molecule has 0 bridgehead atoms. The van der Waals surface area contributed by atoms with E-state index in [2.05, 4.69) is 49.7 Å². The van der Waals surface area contributed by atoms with Crippen molar-refractivity contribution in [3.05, 3.63) is 68.6 Å². The number of carbonyl (C=O) groups is 1. The van der Waals surface area contributed by atoms with Crippen LogP contribution in [-0.2, 0) is 6.42 Å². The number of rotatable bonds is 2. The normalized spacial score (nSPS) is 15.8. The van der Waals surface area contributed by atoms with Gasteiger partial charge in [0, 0.05) is 44.4 Å². The summed E-state index contributed by atoms with van der Waals surface area (Å²) in [5, 5.41) is 15.0. The third kappa shape index (κ3) is 2.86. The molecule has 5 rings (SSSR count). The Bertz CT molecular complexity index is 1350. The Morgan fingerprint density at radius 3 is 2.60 bits per heavy atom. The van der Waals surface area contributed by atoms with Gasteiger partial charge in [-0.3, -0.25) is 4.79 Å². The van der Waals surface area contributed by atoms with Crippen LogP contribution in [0.1, 0.15) is 42.7 Å². The predicted octanol–water partition coefficient (Wildman–Crippen LogP) is 6.30. The van der Waals surface area contributed by atoms with Gasteiger partial charge in [0.15, 0.2) is 5.43 Å². The van der Waals surface area contributed by atoms with Gasteiger partial charge in [0.2, 0.25) is 0 Å². The zero-order chi connectivity index (χ0) is 21.2. The fourth-order valence-electron chi connectivity index (χ4n) is 4.45. The molecule has 4 heterocycles. The average molecular weight is 436 g/mol. The van der Waals surface area contributed by atoms with Crippen LogP contribution in [0.3, 0.4) is 0 Å². The molecule has 1 aliphatic heterocycles. The van der Waals surface area contributed by atoms with Crippen LogP contribution in [0.2, 0.25) is 0 Å². The highest BCUT2D eigenvalue weighted by atomic mass is 32.1. The molecule has 4 aromatic rings. The molecule has 0 saturated heterocycles. The van der Waals surface area contributed by atoms with E-state index in [1.54, 1.807) is 28.9 Å². The summed E-state index contributed by atoms with van der Waals surface area (Å²) in [5.41, 5.74) is 3.53. The van der Waals surface area contributed by atoms with Crippen molar-refractivity contribution in [3.63, 3.8) is 0 Å². The monoisotopic (exact) mass is 435 g/mol. The van der Waals surface area contributed by atoms with Gasteiger partial charge in [0.25, 0.3) is 0 Å². The highest BCUT2D eigenvalue weighted by Crippen LogP contribution is 2.48. The third-order valence-corrected chi connectivity index (χ3v) is 7.83. The number of nitrogens with zero attached hydrogens (tertiary/aromatic N) is 1. The minimum absolute atomic E-state index is 0.0524. The van der Waals surface area contributed by atoms with Crippen molar-refractivity contribution in [2.75, 3.05) is 0 Å². The molecule has 0 fully saturated rings. The quantitative estimate of drug-likeness (QED) is 0.402. The molecule has 4 nitrogen and oxygen atoms in total. The zero-order valence-electron chi connectivity index (χ0n) is 16.9.